The molecular formula is C12H20ClN3. The first-order valence-electron chi connectivity index (χ1n) is 5.47. The van der Waals surface area contributed by atoms with E-state index in [1.54, 1.807) is 0 Å². The molecule has 0 aliphatic heterocycles. The maximum absolute atomic E-state index is 5.94. The summed E-state index contributed by atoms with van der Waals surface area (Å²) < 4.78 is 0. The van der Waals surface area contributed by atoms with Crippen LogP contribution in [0.5, 0.6) is 0 Å². The van der Waals surface area contributed by atoms with Crippen LogP contribution in [0.4, 0.5) is 0 Å². The van der Waals surface area contributed by atoms with Crippen LogP contribution in [0.25, 0.3) is 0 Å². The first-order valence-corrected chi connectivity index (χ1v) is 5.85. The van der Waals surface area contributed by atoms with E-state index in [9.17, 15) is 0 Å². The van der Waals surface area contributed by atoms with Crippen LogP contribution in [0.2, 0.25) is 5.02 Å². The summed E-state index contributed by atoms with van der Waals surface area (Å²) in [6, 6.07) is 8.21. The third-order valence-corrected chi connectivity index (χ3v) is 2.77. The van der Waals surface area contributed by atoms with Crippen LogP contribution < -0.4 is 11.3 Å². The number of nitrogens with one attached hydrogen (secondary N) is 1. The molecule has 1 aromatic rings. The fourth-order valence-corrected chi connectivity index (χ4v) is 1.82. The van der Waals surface area contributed by atoms with E-state index in [0.717, 1.165) is 24.4 Å². The van der Waals surface area contributed by atoms with E-state index in [1.807, 2.05) is 18.2 Å². The molecule has 0 saturated heterocycles. The molecule has 16 heavy (non-hydrogen) atoms. The SMILES string of the molecule is CN(C)CCC(Cc1cccc(Cl)c1)NN. The number of hydrazine groups is 1. The molecule has 1 aromatic carbocycles. The standard InChI is InChI=1S/C12H20ClN3/c1-16(2)7-6-12(15-14)9-10-4-3-5-11(13)8-10/h3-5,8,12,15H,6-7,9,14H2,1-2H3. The second kappa shape index (κ2) is 6.86. The highest BCUT2D eigenvalue weighted by molar-refractivity contribution is 6.30. The number of nitrogens with zero attached hydrogens (tertiary/aromatic N) is 1. The van der Waals surface area contributed by atoms with Crippen molar-refractivity contribution in [2.24, 2.45) is 5.84 Å². The summed E-state index contributed by atoms with van der Waals surface area (Å²) in [5.41, 5.74) is 4.07. The van der Waals surface area contributed by atoms with Crippen LogP contribution in [0.3, 0.4) is 0 Å². The molecule has 0 aliphatic carbocycles. The average Bonchev–Trinajstić information content (AvgIpc) is 2.24. The lowest BCUT2D eigenvalue weighted by Gasteiger charge is -2.18. The molecule has 0 heterocycles. The molecule has 1 unspecified atom stereocenters. The van der Waals surface area contributed by atoms with Gasteiger partial charge in [0.25, 0.3) is 0 Å². The predicted molar refractivity (Wildman–Crippen MR) is 69.4 cm³/mol. The monoisotopic (exact) mass is 241 g/mol. The third-order valence-electron chi connectivity index (χ3n) is 2.53. The second-order valence-electron chi connectivity index (χ2n) is 4.29. The molecule has 1 atom stereocenters. The van der Waals surface area contributed by atoms with Crippen molar-refractivity contribution in [2.45, 2.75) is 18.9 Å². The molecule has 0 aromatic heterocycles. The van der Waals surface area contributed by atoms with Crippen molar-refractivity contribution >= 4 is 11.6 Å². The van der Waals surface area contributed by atoms with Crippen molar-refractivity contribution in [1.29, 1.82) is 0 Å². The van der Waals surface area contributed by atoms with Gasteiger partial charge in [0.1, 0.15) is 0 Å². The molecule has 90 valence electrons. The van der Waals surface area contributed by atoms with Gasteiger partial charge in [-0.3, -0.25) is 11.3 Å². The first kappa shape index (κ1) is 13.5. The number of hydrogen-bond donors (Lipinski definition) is 2. The average molecular weight is 242 g/mol. The van der Waals surface area contributed by atoms with E-state index in [0.29, 0.717) is 6.04 Å². The van der Waals surface area contributed by atoms with Gasteiger partial charge in [-0.2, -0.15) is 0 Å². The van der Waals surface area contributed by atoms with E-state index in [1.165, 1.54) is 5.56 Å². The van der Waals surface area contributed by atoms with Crippen LogP contribution >= 0.6 is 11.6 Å². The zero-order valence-corrected chi connectivity index (χ0v) is 10.7. The van der Waals surface area contributed by atoms with Gasteiger partial charge in [-0.25, -0.2) is 0 Å². The fraction of sp³-hybridized carbons (Fsp3) is 0.500. The molecule has 0 aliphatic rings. The molecule has 0 bridgehead atoms. The maximum atomic E-state index is 5.94. The minimum absolute atomic E-state index is 0.292. The number of nitrogens with two attached hydrogens (primary N) is 1. The van der Waals surface area contributed by atoms with Crippen LogP contribution in [0, 0.1) is 0 Å². The van der Waals surface area contributed by atoms with Gasteiger partial charge in [-0.05, 0) is 51.2 Å². The van der Waals surface area contributed by atoms with Crippen molar-refractivity contribution in [1.82, 2.24) is 10.3 Å². The minimum atomic E-state index is 0.292. The molecule has 0 saturated carbocycles. The molecule has 3 N–H and O–H groups in total. The van der Waals surface area contributed by atoms with Crippen LogP contribution in [0.15, 0.2) is 24.3 Å². The summed E-state index contributed by atoms with van der Waals surface area (Å²) in [6.45, 7) is 1.02. The predicted octanol–water partition coefficient (Wildman–Crippen LogP) is 1.67. The maximum Gasteiger partial charge on any atom is 0.0408 e. The summed E-state index contributed by atoms with van der Waals surface area (Å²) in [5.74, 6) is 5.54. The van der Waals surface area contributed by atoms with E-state index in [-0.39, 0.29) is 0 Å². The number of hydrogen-bond acceptors (Lipinski definition) is 3. The number of benzene rings is 1. The van der Waals surface area contributed by atoms with Gasteiger partial charge < -0.3 is 4.90 Å². The van der Waals surface area contributed by atoms with E-state index < -0.39 is 0 Å². The highest BCUT2D eigenvalue weighted by Gasteiger charge is 2.08. The fourth-order valence-electron chi connectivity index (χ4n) is 1.61. The number of halogens is 1. The Kier molecular flexibility index (Phi) is 5.77. The lowest BCUT2D eigenvalue weighted by Crippen LogP contribution is -2.38. The molecule has 3 nitrogen and oxygen atoms in total. The van der Waals surface area contributed by atoms with Crippen molar-refractivity contribution in [3.63, 3.8) is 0 Å². The molecule has 4 heteroatoms. The Morgan fingerprint density at radius 2 is 2.19 bits per heavy atom. The van der Waals surface area contributed by atoms with Gasteiger partial charge in [0.15, 0.2) is 0 Å². The lowest BCUT2D eigenvalue weighted by atomic mass is 10.0. The van der Waals surface area contributed by atoms with Gasteiger partial charge in [-0.1, -0.05) is 23.7 Å². The summed E-state index contributed by atoms with van der Waals surface area (Å²) in [6.07, 6.45) is 1.93. The normalized spacial score (nSPS) is 13.1. The molecule has 0 radical (unpaired) electrons. The Balaban J connectivity index is 2.49. The van der Waals surface area contributed by atoms with Crippen LogP contribution in [-0.2, 0) is 6.42 Å². The van der Waals surface area contributed by atoms with Gasteiger partial charge in [0.05, 0.1) is 0 Å². The summed E-state index contributed by atoms with van der Waals surface area (Å²) in [7, 11) is 4.12. The molecular weight excluding hydrogens is 222 g/mol. The van der Waals surface area contributed by atoms with Crippen LogP contribution in [-0.4, -0.2) is 31.6 Å². The number of rotatable bonds is 6. The third kappa shape index (κ3) is 4.94. The topological polar surface area (TPSA) is 41.3 Å². The van der Waals surface area contributed by atoms with Crippen molar-refractivity contribution in [2.75, 3.05) is 20.6 Å². The highest BCUT2D eigenvalue weighted by Crippen LogP contribution is 2.13. The van der Waals surface area contributed by atoms with Gasteiger partial charge >= 0.3 is 0 Å². The largest absolute Gasteiger partial charge is 0.309 e. The Hall–Kier alpha value is -0.610. The van der Waals surface area contributed by atoms with Crippen molar-refractivity contribution < 1.29 is 0 Å². The second-order valence-corrected chi connectivity index (χ2v) is 4.73. The van der Waals surface area contributed by atoms with Crippen molar-refractivity contribution in [3.8, 4) is 0 Å². The minimum Gasteiger partial charge on any atom is -0.309 e. The smallest absolute Gasteiger partial charge is 0.0408 e. The van der Waals surface area contributed by atoms with E-state index in [2.05, 4.69) is 30.5 Å². The molecule has 0 spiro atoms. The quantitative estimate of drug-likeness (QED) is 0.588. The molecule has 0 amide bonds. The highest BCUT2D eigenvalue weighted by atomic mass is 35.5. The zero-order chi connectivity index (χ0) is 12.0. The molecule has 0 fully saturated rings. The summed E-state index contributed by atoms with van der Waals surface area (Å²) in [5, 5.41) is 0.779. The van der Waals surface area contributed by atoms with Gasteiger partial charge in [0.2, 0.25) is 0 Å². The van der Waals surface area contributed by atoms with Crippen molar-refractivity contribution in [3.05, 3.63) is 34.9 Å². The van der Waals surface area contributed by atoms with Crippen LogP contribution in [0.1, 0.15) is 12.0 Å². The van der Waals surface area contributed by atoms with Gasteiger partial charge in [0, 0.05) is 11.1 Å². The Labute approximate surface area is 103 Å². The van der Waals surface area contributed by atoms with E-state index >= 15 is 0 Å². The van der Waals surface area contributed by atoms with Gasteiger partial charge in [-0.15, -0.1) is 0 Å². The summed E-state index contributed by atoms with van der Waals surface area (Å²) in [4.78, 5) is 2.16. The summed E-state index contributed by atoms with van der Waals surface area (Å²) >= 11 is 5.94. The lowest BCUT2D eigenvalue weighted by molar-refractivity contribution is 0.358. The first-order chi connectivity index (χ1) is 7.61. The Bertz CT molecular complexity index is 315. The Morgan fingerprint density at radius 1 is 1.44 bits per heavy atom. The molecule has 1 rings (SSSR count). The zero-order valence-electron chi connectivity index (χ0n) is 9.91. The Morgan fingerprint density at radius 3 is 2.75 bits per heavy atom. The van der Waals surface area contributed by atoms with E-state index in [4.69, 9.17) is 17.4 Å².